The number of benzene rings is 2. The lowest BCUT2D eigenvalue weighted by molar-refractivity contribution is -0.199. The van der Waals surface area contributed by atoms with Crippen molar-refractivity contribution in [1.29, 1.82) is 0 Å². The molecule has 6 rings (SSSR count). The van der Waals surface area contributed by atoms with Crippen LogP contribution in [0.4, 0.5) is 4.39 Å². The Labute approximate surface area is 242 Å². The van der Waals surface area contributed by atoms with Gasteiger partial charge in [-0.05, 0) is 80.0 Å². The predicted molar refractivity (Wildman–Crippen MR) is 156 cm³/mol. The lowest BCUT2D eigenvalue weighted by Crippen LogP contribution is -2.65. The Balaban J connectivity index is 1.27. The van der Waals surface area contributed by atoms with Gasteiger partial charge >= 0.3 is 7.12 Å². The molecule has 2 amide bonds. The van der Waals surface area contributed by atoms with Gasteiger partial charge in [-0.1, -0.05) is 58.0 Å². The minimum atomic E-state index is -1.19. The number of carbonyl (C=O) groups is 2. The molecule has 1 heterocycles. The van der Waals surface area contributed by atoms with Crippen molar-refractivity contribution in [3.8, 4) is 11.1 Å². The Morgan fingerprint density at radius 3 is 2.34 bits per heavy atom. The summed E-state index contributed by atoms with van der Waals surface area (Å²) in [4.78, 5) is 26.6. The summed E-state index contributed by atoms with van der Waals surface area (Å²) in [7, 11) is -0.609. The maximum absolute atomic E-state index is 14.2. The fourth-order valence-corrected chi connectivity index (χ4v) is 7.22. The van der Waals surface area contributed by atoms with Crippen LogP contribution < -0.4 is 10.6 Å². The Bertz CT molecular complexity index is 1290. The first kappa shape index (κ1) is 29.7. The summed E-state index contributed by atoms with van der Waals surface area (Å²) < 4.78 is 27.3. The number of aliphatic hydroxyl groups excluding tert-OH is 1. The third kappa shape index (κ3) is 5.56. The molecule has 9 heteroatoms. The van der Waals surface area contributed by atoms with Gasteiger partial charge in [0.25, 0.3) is 5.91 Å². The number of rotatable bonds is 9. The van der Waals surface area contributed by atoms with Gasteiger partial charge in [0.05, 0.1) is 23.8 Å². The van der Waals surface area contributed by atoms with Crippen molar-refractivity contribution in [2.75, 3.05) is 0 Å². The smallest absolute Gasteiger partial charge is 0.404 e. The summed E-state index contributed by atoms with van der Waals surface area (Å²) in [5, 5.41) is 16.2. The Morgan fingerprint density at radius 1 is 1.05 bits per heavy atom. The highest BCUT2D eigenvalue weighted by Gasteiger charge is 2.68. The Hall–Kier alpha value is -2.75. The summed E-state index contributed by atoms with van der Waals surface area (Å²) in [5.41, 5.74) is 1.16. The van der Waals surface area contributed by atoms with Gasteiger partial charge < -0.3 is 25.0 Å². The standard InChI is InChI=1S/C32H42BFN2O5/c1-18(2)15-27(33-40-26-17-22-16-25(31(22,4)5)32(26,6)41-33)35-30(39)28(19(3)37)36-29(38)21-13-11-20(12-14-21)23-9-7-8-10-24(23)34/h7-14,18-19,22,25-28,37H,15-17H2,1-6H3,(H,35,39)(H,36,38)/t19-,22+,25+,26-,27+,28+,32+/m1/s1. The highest BCUT2D eigenvalue weighted by atomic mass is 19.1. The third-order valence-corrected chi connectivity index (χ3v) is 9.73. The number of carbonyl (C=O) groups excluding carboxylic acids is 2. The first-order valence-electron chi connectivity index (χ1n) is 14.8. The zero-order valence-corrected chi connectivity index (χ0v) is 24.8. The topological polar surface area (TPSA) is 96.9 Å². The molecule has 1 saturated heterocycles. The van der Waals surface area contributed by atoms with E-state index < -0.39 is 42.6 Å². The molecule has 220 valence electrons. The third-order valence-electron chi connectivity index (χ3n) is 9.73. The Morgan fingerprint density at radius 2 is 1.73 bits per heavy atom. The number of amides is 2. The second kappa shape index (κ2) is 11.2. The van der Waals surface area contributed by atoms with Gasteiger partial charge in [0.1, 0.15) is 11.9 Å². The van der Waals surface area contributed by atoms with Crippen LogP contribution in [0.1, 0.15) is 71.2 Å². The molecule has 7 nitrogen and oxygen atoms in total. The maximum atomic E-state index is 14.2. The van der Waals surface area contributed by atoms with Crippen molar-refractivity contribution in [1.82, 2.24) is 10.6 Å². The summed E-state index contributed by atoms with van der Waals surface area (Å²) in [6, 6.07) is 11.7. The predicted octanol–water partition coefficient (Wildman–Crippen LogP) is 4.77. The Kier molecular flexibility index (Phi) is 8.09. The van der Waals surface area contributed by atoms with Crippen LogP contribution >= 0.6 is 0 Å². The van der Waals surface area contributed by atoms with Crippen LogP contribution in [0.3, 0.4) is 0 Å². The summed E-state index contributed by atoms with van der Waals surface area (Å²) in [6.45, 7) is 12.4. The van der Waals surface area contributed by atoms with E-state index in [2.05, 4.69) is 45.3 Å². The van der Waals surface area contributed by atoms with Crippen LogP contribution in [0.2, 0.25) is 0 Å². The van der Waals surface area contributed by atoms with E-state index in [1.54, 1.807) is 42.5 Å². The van der Waals surface area contributed by atoms with Gasteiger partial charge in [0, 0.05) is 11.1 Å². The fraction of sp³-hybridized carbons (Fsp3) is 0.562. The summed E-state index contributed by atoms with van der Waals surface area (Å²) >= 11 is 0. The second-order valence-corrected chi connectivity index (χ2v) is 13.3. The van der Waals surface area contributed by atoms with Gasteiger partial charge in [-0.25, -0.2) is 4.39 Å². The first-order chi connectivity index (χ1) is 19.3. The number of hydrogen-bond donors (Lipinski definition) is 3. The van der Waals surface area contributed by atoms with Crippen LogP contribution in [0.5, 0.6) is 0 Å². The van der Waals surface area contributed by atoms with Crippen molar-refractivity contribution in [3.63, 3.8) is 0 Å². The molecule has 0 unspecified atom stereocenters. The first-order valence-corrected chi connectivity index (χ1v) is 14.8. The average Bonchev–Trinajstić information content (AvgIpc) is 3.28. The average molecular weight is 565 g/mol. The maximum Gasteiger partial charge on any atom is 0.481 e. The molecule has 0 aromatic heterocycles. The number of aliphatic hydroxyl groups is 1. The van der Waals surface area contributed by atoms with Crippen LogP contribution in [0, 0.1) is 29.0 Å². The van der Waals surface area contributed by atoms with Crippen molar-refractivity contribution < 1.29 is 28.4 Å². The molecule has 2 aromatic rings. The molecule has 0 radical (unpaired) electrons. The van der Waals surface area contributed by atoms with E-state index in [-0.39, 0.29) is 23.3 Å². The van der Waals surface area contributed by atoms with E-state index in [0.29, 0.717) is 34.9 Å². The van der Waals surface area contributed by atoms with Gasteiger partial charge in [-0.2, -0.15) is 0 Å². The second-order valence-electron chi connectivity index (χ2n) is 13.3. The molecule has 2 aromatic carbocycles. The van der Waals surface area contributed by atoms with E-state index in [1.165, 1.54) is 13.0 Å². The number of halogens is 1. The molecule has 3 N–H and O–H groups in total. The number of nitrogens with one attached hydrogen (secondary N) is 2. The van der Waals surface area contributed by atoms with Crippen molar-refractivity contribution in [2.45, 2.75) is 90.6 Å². The van der Waals surface area contributed by atoms with E-state index in [0.717, 1.165) is 12.8 Å². The molecular formula is C32H42BFN2O5. The van der Waals surface area contributed by atoms with Gasteiger partial charge in [-0.3, -0.25) is 9.59 Å². The van der Waals surface area contributed by atoms with E-state index in [4.69, 9.17) is 9.31 Å². The van der Waals surface area contributed by atoms with Crippen LogP contribution in [0.15, 0.2) is 48.5 Å². The zero-order valence-electron chi connectivity index (χ0n) is 24.8. The minimum absolute atomic E-state index is 0.0181. The molecule has 4 aliphatic rings. The molecule has 7 atom stereocenters. The molecule has 2 bridgehead atoms. The molecule has 0 spiro atoms. The SMILES string of the molecule is CC(C)C[C@H](NC(=O)[C@@H](NC(=O)c1ccc(-c2ccccc2F)cc1)[C@@H](C)O)B1O[C@@H]2C[C@@H]3C[C@@H](C3(C)C)[C@]2(C)O1. The highest BCUT2D eigenvalue weighted by Crippen LogP contribution is 2.65. The van der Waals surface area contributed by atoms with Crippen molar-refractivity contribution in [2.24, 2.45) is 23.2 Å². The van der Waals surface area contributed by atoms with Crippen LogP contribution in [0.25, 0.3) is 11.1 Å². The lowest BCUT2D eigenvalue weighted by atomic mass is 9.43. The van der Waals surface area contributed by atoms with E-state index >= 15 is 0 Å². The zero-order chi connectivity index (χ0) is 29.7. The lowest BCUT2D eigenvalue weighted by Gasteiger charge is -2.64. The minimum Gasteiger partial charge on any atom is -0.404 e. The fourth-order valence-electron chi connectivity index (χ4n) is 7.22. The molecule has 4 fully saturated rings. The molecule has 3 saturated carbocycles. The van der Waals surface area contributed by atoms with Crippen LogP contribution in [-0.4, -0.2) is 53.8 Å². The monoisotopic (exact) mass is 564 g/mol. The molecule has 41 heavy (non-hydrogen) atoms. The largest absolute Gasteiger partial charge is 0.481 e. The molecular weight excluding hydrogens is 522 g/mol. The molecule has 1 aliphatic heterocycles. The van der Waals surface area contributed by atoms with Crippen LogP contribution in [-0.2, 0) is 14.1 Å². The van der Waals surface area contributed by atoms with Crippen molar-refractivity contribution in [3.05, 3.63) is 59.9 Å². The quantitative estimate of drug-likeness (QED) is 0.382. The normalized spacial score (nSPS) is 28.3. The van der Waals surface area contributed by atoms with E-state index in [9.17, 15) is 19.1 Å². The summed E-state index contributed by atoms with van der Waals surface area (Å²) in [5.74, 6) is -0.547. The van der Waals surface area contributed by atoms with Gasteiger partial charge in [-0.15, -0.1) is 0 Å². The van der Waals surface area contributed by atoms with Gasteiger partial charge in [0.15, 0.2) is 0 Å². The van der Waals surface area contributed by atoms with Crippen molar-refractivity contribution >= 4 is 18.9 Å². The molecule has 3 aliphatic carbocycles. The van der Waals surface area contributed by atoms with Gasteiger partial charge in [0.2, 0.25) is 5.91 Å². The number of hydrogen-bond acceptors (Lipinski definition) is 5. The van der Waals surface area contributed by atoms with E-state index in [1.807, 2.05) is 0 Å². The summed E-state index contributed by atoms with van der Waals surface area (Å²) in [6.07, 6.45) is 1.54. The highest BCUT2D eigenvalue weighted by molar-refractivity contribution is 6.48.